The fourth-order valence-electron chi connectivity index (χ4n) is 0.884. The van der Waals surface area contributed by atoms with E-state index in [9.17, 15) is 0 Å². The molecule has 0 atom stereocenters. The van der Waals surface area contributed by atoms with Gasteiger partial charge in [-0.1, -0.05) is 0 Å². The predicted molar refractivity (Wildman–Crippen MR) is 39.4 cm³/mol. The second kappa shape index (κ2) is 2.27. The molecule has 0 saturated heterocycles. The fraction of sp³-hybridized carbons (Fsp3) is 0. The standard InChI is InChI=1S/C7H4NO.Sn/c1-3-8-5-6-2-4-9-7(1)6;/h1-3,5H;. The molecule has 2 aromatic rings. The molecule has 0 spiro atoms. The molecule has 0 aromatic carbocycles. The molecule has 0 aliphatic rings. The summed E-state index contributed by atoms with van der Waals surface area (Å²) in [5, 5.41) is 1.09. The number of hydrogen-bond acceptors (Lipinski definition) is 2. The van der Waals surface area contributed by atoms with Gasteiger partial charge in [0.15, 0.2) is 0 Å². The Morgan fingerprint density at radius 3 is 3.20 bits per heavy atom. The molecule has 2 nitrogen and oxygen atoms in total. The van der Waals surface area contributed by atoms with E-state index in [1.54, 1.807) is 6.20 Å². The quantitative estimate of drug-likeness (QED) is 0.627. The first-order valence-corrected chi connectivity index (χ1v) is 4.34. The van der Waals surface area contributed by atoms with Crippen molar-refractivity contribution in [3.63, 3.8) is 0 Å². The summed E-state index contributed by atoms with van der Waals surface area (Å²) in [7, 11) is 0. The van der Waals surface area contributed by atoms with Crippen LogP contribution in [0.25, 0.3) is 11.0 Å². The van der Waals surface area contributed by atoms with Crippen LogP contribution in [0.5, 0.6) is 0 Å². The molecule has 0 aliphatic heterocycles. The first kappa shape index (κ1) is 6.22. The zero-order valence-corrected chi connectivity index (χ0v) is 8.02. The molecule has 0 aliphatic carbocycles. The number of aromatic nitrogens is 1. The molecule has 3 heteroatoms. The first-order valence-electron chi connectivity index (χ1n) is 2.91. The van der Waals surface area contributed by atoms with Gasteiger partial charge in [0.2, 0.25) is 0 Å². The van der Waals surface area contributed by atoms with Crippen molar-refractivity contribution in [3.8, 4) is 0 Å². The van der Waals surface area contributed by atoms with Crippen LogP contribution in [0.3, 0.4) is 0 Å². The number of pyridine rings is 1. The van der Waals surface area contributed by atoms with Crippen molar-refractivity contribution in [2.75, 3.05) is 0 Å². The van der Waals surface area contributed by atoms with Gasteiger partial charge >= 0.3 is 71.2 Å². The van der Waals surface area contributed by atoms with Crippen molar-refractivity contribution >= 4 is 37.3 Å². The van der Waals surface area contributed by atoms with Crippen molar-refractivity contribution in [2.24, 2.45) is 0 Å². The molecule has 47 valence electrons. The Balaban J connectivity index is 2.88. The van der Waals surface area contributed by atoms with E-state index in [0.29, 0.717) is 0 Å². The SMILES string of the molecule is [Sn][c]1cc2cnccc2o1. The molecule has 0 fully saturated rings. The molecule has 2 heterocycles. The fourth-order valence-corrected chi connectivity index (χ4v) is 1.64. The van der Waals surface area contributed by atoms with Crippen molar-refractivity contribution < 1.29 is 4.42 Å². The minimum absolute atomic E-state index is 0.932. The zero-order valence-electron chi connectivity index (χ0n) is 5.16. The number of fused-ring (bicyclic) bond motifs is 1. The summed E-state index contributed by atoms with van der Waals surface area (Å²) in [6.45, 7) is 0. The molecule has 2 aromatic heterocycles. The Bertz CT molecular complexity index is 322. The number of rotatable bonds is 0. The van der Waals surface area contributed by atoms with Crippen LogP contribution in [0.2, 0.25) is 0 Å². The van der Waals surface area contributed by atoms with Gasteiger partial charge in [-0.3, -0.25) is 0 Å². The van der Waals surface area contributed by atoms with Crippen molar-refractivity contribution in [3.05, 3.63) is 24.5 Å². The van der Waals surface area contributed by atoms with Crippen molar-refractivity contribution in [2.45, 2.75) is 0 Å². The van der Waals surface area contributed by atoms with Gasteiger partial charge in [-0.2, -0.15) is 0 Å². The van der Waals surface area contributed by atoms with Gasteiger partial charge in [-0.15, -0.1) is 0 Å². The van der Waals surface area contributed by atoms with Gasteiger partial charge in [0, 0.05) is 0 Å². The Kier molecular flexibility index (Phi) is 1.41. The average molecular weight is 237 g/mol. The third-order valence-electron chi connectivity index (χ3n) is 1.32. The molecule has 2 rings (SSSR count). The van der Waals surface area contributed by atoms with Crippen LogP contribution in [-0.4, -0.2) is 27.5 Å². The Morgan fingerprint density at radius 2 is 2.40 bits per heavy atom. The third-order valence-corrected chi connectivity index (χ3v) is 2.02. The summed E-state index contributed by atoms with van der Waals surface area (Å²) in [6, 6.07) is 3.89. The Morgan fingerprint density at radius 1 is 1.50 bits per heavy atom. The second-order valence-electron chi connectivity index (χ2n) is 2.02. The normalized spacial score (nSPS) is 10.5. The van der Waals surface area contributed by atoms with Crippen LogP contribution in [0.4, 0.5) is 0 Å². The third kappa shape index (κ3) is 0.922. The van der Waals surface area contributed by atoms with E-state index in [2.05, 4.69) is 4.98 Å². The molecule has 3 radical (unpaired) electrons. The molecule has 0 unspecified atom stereocenters. The van der Waals surface area contributed by atoms with Gasteiger partial charge in [-0.05, 0) is 0 Å². The van der Waals surface area contributed by atoms with Crippen LogP contribution in [0.15, 0.2) is 28.9 Å². The number of furan rings is 1. The predicted octanol–water partition coefficient (Wildman–Crippen LogP) is 0.622. The van der Waals surface area contributed by atoms with Gasteiger partial charge in [-0.25, -0.2) is 0 Å². The summed E-state index contributed by atoms with van der Waals surface area (Å²) < 4.78 is 6.39. The molecular formula is C7H4NOSn. The molecule has 0 N–H and O–H groups in total. The molecular weight excluding hydrogens is 233 g/mol. The van der Waals surface area contributed by atoms with Gasteiger partial charge < -0.3 is 0 Å². The van der Waals surface area contributed by atoms with E-state index in [1.807, 2.05) is 18.3 Å². The van der Waals surface area contributed by atoms with Crippen molar-refractivity contribution in [1.29, 1.82) is 0 Å². The monoisotopic (exact) mass is 238 g/mol. The average Bonchev–Trinajstić information content (AvgIpc) is 2.27. The topological polar surface area (TPSA) is 26.0 Å². The van der Waals surface area contributed by atoms with Crippen LogP contribution in [0.1, 0.15) is 0 Å². The van der Waals surface area contributed by atoms with Crippen LogP contribution >= 0.6 is 0 Å². The van der Waals surface area contributed by atoms with Crippen LogP contribution in [-0.2, 0) is 0 Å². The maximum atomic E-state index is 5.37. The molecule has 0 saturated carbocycles. The van der Waals surface area contributed by atoms with Gasteiger partial charge in [0.1, 0.15) is 0 Å². The number of hydrogen-bond donors (Lipinski definition) is 0. The Labute approximate surface area is 71.3 Å². The summed E-state index contributed by atoms with van der Waals surface area (Å²) in [4.78, 5) is 3.98. The van der Waals surface area contributed by atoms with E-state index in [1.165, 1.54) is 22.5 Å². The molecule has 0 amide bonds. The maximum absolute atomic E-state index is 5.37. The second-order valence-corrected chi connectivity index (χ2v) is 3.43. The summed E-state index contributed by atoms with van der Waals surface area (Å²) >= 11 is 1.31. The van der Waals surface area contributed by atoms with E-state index >= 15 is 0 Å². The minimum atomic E-state index is 0.932. The molecule has 0 bridgehead atoms. The molecule has 10 heavy (non-hydrogen) atoms. The van der Waals surface area contributed by atoms with Gasteiger partial charge in [0.05, 0.1) is 0 Å². The van der Waals surface area contributed by atoms with Crippen molar-refractivity contribution in [1.82, 2.24) is 4.98 Å². The van der Waals surface area contributed by atoms with Gasteiger partial charge in [0.25, 0.3) is 0 Å². The van der Waals surface area contributed by atoms with Crippen LogP contribution < -0.4 is 3.78 Å². The Hall–Kier alpha value is -0.511. The summed E-state index contributed by atoms with van der Waals surface area (Å²) in [6.07, 6.45) is 3.55. The van der Waals surface area contributed by atoms with E-state index in [4.69, 9.17) is 4.42 Å². The summed E-state index contributed by atoms with van der Waals surface area (Å²) in [5.41, 5.74) is 0.932. The van der Waals surface area contributed by atoms with E-state index < -0.39 is 0 Å². The first-order chi connectivity index (χ1) is 4.86. The number of nitrogens with zero attached hydrogens (tertiary/aromatic N) is 1. The van der Waals surface area contributed by atoms with E-state index in [0.717, 1.165) is 14.7 Å². The van der Waals surface area contributed by atoms with Crippen LogP contribution in [0, 0.1) is 0 Å². The van der Waals surface area contributed by atoms with E-state index in [-0.39, 0.29) is 0 Å². The zero-order chi connectivity index (χ0) is 6.97. The summed E-state index contributed by atoms with van der Waals surface area (Å²) in [5.74, 6) is 0.